The van der Waals surface area contributed by atoms with Gasteiger partial charge in [0, 0.05) is 73.0 Å². The molecule has 11 heteroatoms. The number of hydrogen-bond acceptors (Lipinski definition) is 9. The normalized spacial score (nSPS) is 33.0. The number of amides is 1. The fraction of sp³-hybridized carbons (Fsp3) is 0.629. The largest absolute Gasteiger partial charge is 0.435 e. The summed E-state index contributed by atoms with van der Waals surface area (Å²) in [5, 5.41) is 4.97. The van der Waals surface area contributed by atoms with Gasteiger partial charge in [-0.1, -0.05) is 25.4 Å². The van der Waals surface area contributed by atoms with Crippen LogP contribution in [0.4, 0.5) is 5.69 Å². The first-order valence-electron chi connectivity index (χ1n) is 16.5. The number of carbonyl (C=O) groups excluding carboxylic acids is 2. The van der Waals surface area contributed by atoms with E-state index in [2.05, 4.69) is 23.1 Å². The molecule has 1 amide bonds. The van der Waals surface area contributed by atoms with Crippen LogP contribution in [0, 0.1) is 36.0 Å². The molecule has 0 radical (unpaired) electrons. The van der Waals surface area contributed by atoms with Crippen LogP contribution < -0.4 is 5.32 Å². The number of ether oxygens (including phenoxy) is 3. The van der Waals surface area contributed by atoms with Crippen molar-refractivity contribution >= 4 is 40.1 Å². The maximum atomic E-state index is 13.3. The highest BCUT2D eigenvalue weighted by atomic mass is 35.5. The number of terminal acetylenes is 1. The zero-order valence-corrected chi connectivity index (χ0v) is 27.6. The van der Waals surface area contributed by atoms with Crippen LogP contribution in [0.1, 0.15) is 72.1 Å². The Hall–Kier alpha value is -2.94. The Morgan fingerprint density at radius 1 is 1.15 bits per heavy atom. The van der Waals surface area contributed by atoms with E-state index in [-0.39, 0.29) is 36.5 Å². The molecule has 2 aromatic rings. The van der Waals surface area contributed by atoms with Gasteiger partial charge < -0.3 is 24.4 Å². The van der Waals surface area contributed by atoms with Crippen molar-refractivity contribution in [2.45, 2.75) is 96.1 Å². The number of benzene rings is 1. The van der Waals surface area contributed by atoms with Gasteiger partial charge in [0.1, 0.15) is 0 Å². The summed E-state index contributed by atoms with van der Waals surface area (Å²) in [6.07, 6.45) is 10.5. The van der Waals surface area contributed by atoms with Crippen molar-refractivity contribution in [2.24, 2.45) is 23.7 Å². The number of nitrogens with zero attached hydrogens (tertiary/aromatic N) is 2. The summed E-state index contributed by atoms with van der Waals surface area (Å²) in [6, 6.07) is 7.46. The molecule has 248 valence electrons. The van der Waals surface area contributed by atoms with Crippen LogP contribution in [0.25, 0.3) is 10.9 Å². The summed E-state index contributed by atoms with van der Waals surface area (Å²) in [5.74, 6) is 1.69. The number of fused-ring (bicyclic) bond motifs is 3. The monoisotopic (exact) mass is 653 g/mol. The second-order valence-electron chi connectivity index (χ2n) is 13.4. The first kappa shape index (κ1) is 33.0. The first-order chi connectivity index (χ1) is 22.1. The van der Waals surface area contributed by atoms with Crippen LogP contribution in [-0.4, -0.2) is 65.4 Å². The van der Waals surface area contributed by atoms with E-state index in [1.54, 1.807) is 11.1 Å². The Morgan fingerprint density at radius 3 is 2.83 bits per heavy atom. The Bertz CT molecular complexity index is 1480. The molecule has 10 nitrogen and oxygen atoms in total. The van der Waals surface area contributed by atoms with Gasteiger partial charge in [-0.15, -0.1) is 12.3 Å². The SMILES string of the molecule is C#CCCCN(CCNc1ccnc2cc(Cl)ccc12)C(=O)CCC(=O)O[C@@H]1O[C@@H]2O[C@]3(C)CC[C@H]4[C@H](C)CC[C@@H]([C@H]1C)[C@@]24OO3. The summed E-state index contributed by atoms with van der Waals surface area (Å²) in [7, 11) is 0. The van der Waals surface area contributed by atoms with E-state index in [0.29, 0.717) is 49.8 Å². The lowest BCUT2D eigenvalue weighted by molar-refractivity contribution is -0.576. The van der Waals surface area contributed by atoms with Gasteiger partial charge in [0.15, 0.2) is 11.9 Å². The van der Waals surface area contributed by atoms with E-state index in [1.807, 2.05) is 38.1 Å². The van der Waals surface area contributed by atoms with Crippen molar-refractivity contribution in [1.82, 2.24) is 9.88 Å². The summed E-state index contributed by atoms with van der Waals surface area (Å²) in [4.78, 5) is 44.7. The Morgan fingerprint density at radius 2 is 2.00 bits per heavy atom. The van der Waals surface area contributed by atoms with Gasteiger partial charge >= 0.3 is 5.97 Å². The number of carbonyl (C=O) groups is 2. The molecule has 1 saturated carbocycles. The quantitative estimate of drug-likeness (QED) is 0.134. The lowest BCUT2D eigenvalue weighted by Crippen LogP contribution is -2.70. The number of halogens is 1. The number of unbranched alkanes of at least 4 members (excludes halogenated alkanes) is 1. The van der Waals surface area contributed by atoms with Gasteiger partial charge in [-0.3, -0.25) is 14.6 Å². The van der Waals surface area contributed by atoms with Crippen molar-refractivity contribution in [2.75, 3.05) is 25.0 Å². The van der Waals surface area contributed by atoms with Crippen molar-refractivity contribution in [3.63, 3.8) is 0 Å². The molecule has 5 aliphatic rings. The minimum atomic E-state index is -0.908. The zero-order chi connectivity index (χ0) is 32.5. The summed E-state index contributed by atoms with van der Waals surface area (Å²) in [5.41, 5.74) is 0.963. The summed E-state index contributed by atoms with van der Waals surface area (Å²) < 4.78 is 18.6. The molecule has 5 heterocycles. The highest BCUT2D eigenvalue weighted by Gasteiger charge is 2.69. The topological polar surface area (TPSA) is 108 Å². The second kappa shape index (κ2) is 13.7. The van der Waals surface area contributed by atoms with E-state index in [9.17, 15) is 9.59 Å². The van der Waals surface area contributed by atoms with Crippen LogP contribution >= 0.6 is 11.6 Å². The van der Waals surface area contributed by atoms with Crippen molar-refractivity contribution < 1.29 is 33.6 Å². The fourth-order valence-corrected chi connectivity index (χ4v) is 8.06. The molecule has 4 aliphatic heterocycles. The average molecular weight is 654 g/mol. The van der Waals surface area contributed by atoms with Gasteiger partial charge in [0.2, 0.25) is 18.0 Å². The van der Waals surface area contributed by atoms with E-state index < -0.39 is 29.9 Å². The van der Waals surface area contributed by atoms with Crippen molar-refractivity contribution in [3.05, 3.63) is 35.5 Å². The average Bonchev–Trinajstić information content (AvgIpc) is 3.27. The third-order valence-corrected chi connectivity index (χ3v) is 10.6. The van der Waals surface area contributed by atoms with Gasteiger partial charge in [0.25, 0.3) is 0 Å². The Labute approximate surface area is 275 Å². The number of aromatic nitrogens is 1. The van der Waals surface area contributed by atoms with Gasteiger partial charge in [-0.25, -0.2) is 9.78 Å². The summed E-state index contributed by atoms with van der Waals surface area (Å²) in [6.45, 7) is 7.62. The number of pyridine rings is 1. The van der Waals surface area contributed by atoms with E-state index in [1.165, 1.54) is 0 Å². The third kappa shape index (κ3) is 6.45. The minimum Gasteiger partial charge on any atom is -0.435 e. The van der Waals surface area contributed by atoms with E-state index >= 15 is 0 Å². The number of rotatable bonds is 11. The van der Waals surface area contributed by atoms with Crippen LogP contribution in [0.5, 0.6) is 0 Å². The molecule has 1 aromatic carbocycles. The van der Waals surface area contributed by atoms with Crippen LogP contribution in [-0.2, 0) is 33.6 Å². The second-order valence-corrected chi connectivity index (χ2v) is 13.8. The minimum absolute atomic E-state index is 0.0224. The third-order valence-electron chi connectivity index (χ3n) is 10.4. The van der Waals surface area contributed by atoms with Crippen LogP contribution in [0.2, 0.25) is 5.02 Å². The molecule has 46 heavy (non-hydrogen) atoms. The molecule has 1 aliphatic carbocycles. The van der Waals surface area contributed by atoms with E-state index in [0.717, 1.165) is 35.9 Å². The molecular formula is C35H44ClN3O7. The molecular weight excluding hydrogens is 610 g/mol. The highest BCUT2D eigenvalue weighted by molar-refractivity contribution is 6.31. The van der Waals surface area contributed by atoms with Crippen molar-refractivity contribution in [3.8, 4) is 12.3 Å². The molecule has 2 bridgehead atoms. The number of esters is 1. The molecule has 8 atom stereocenters. The Kier molecular flexibility index (Phi) is 9.79. The smallest absolute Gasteiger partial charge is 0.308 e. The summed E-state index contributed by atoms with van der Waals surface area (Å²) >= 11 is 6.13. The van der Waals surface area contributed by atoms with Gasteiger partial charge in [-0.2, -0.15) is 0 Å². The van der Waals surface area contributed by atoms with Crippen LogP contribution in [0.3, 0.4) is 0 Å². The first-order valence-corrected chi connectivity index (χ1v) is 16.9. The number of anilines is 1. The molecule has 1 aromatic heterocycles. The number of nitrogens with one attached hydrogen (secondary N) is 1. The lowest BCUT2D eigenvalue weighted by Gasteiger charge is -2.59. The Balaban J connectivity index is 1.05. The number of hydrogen-bond donors (Lipinski definition) is 1. The van der Waals surface area contributed by atoms with E-state index in [4.69, 9.17) is 42.0 Å². The maximum Gasteiger partial charge on any atom is 0.308 e. The standard InChI is InChI=1S/C35H44ClN3O7/c1-5-6-7-19-39(20-18-38-28-15-17-37-29-21-24(36)9-10-25(28)29)30(40)12-13-31(41)42-32-23(3)27-11-8-22(2)26-14-16-34(4)44-33(43-32)35(26,27)46-45-34/h1,9-10,15,17,21-23,26-27,32-33H,6-8,11-14,16,18-20H2,2-4H3,(H,37,38)/t22-,23-,26+,27+,32-,33-,34+,35-/m1/s1. The highest BCUT2D eigenvalue weighted by Crippen LogP contribution is 2.60. The molecule has 4 saturated heterocycles. The molecule has 1 spiro atoms. The maximum absolute atomic E-state index is 13.3. The zero-order valence-electron chi connectivity index (χ0n) is 26.8. The molecule has 7 rings (SSSR count). The predicted octanol–water partition coefficient (Wildman–Crippen LogP) is 6.07. The molecule has 5 fully saturated rings. The molecule has 1 N–H and O–H groups in total. The predicted molar refractivity (Wildman–Crippen MR) is 172 cm³/mol. The fourth-order valence-electron chi connectivity index (χ4n) is 7.90. The lowest BCUT2D eigenvalue weighted by atomic mass is 9.58. The van der Waals surface area contributed by atoms with Gasteiger partial charge in [0.05, 0.1) is 11.9 Å². The van der Waals surface area contributed by atoms with Gasteiger partial charge in [-0.05, 0) is 68.7 Å². The van der Waals surface area contributed by atoms with Crippen LogP contribution in [0.15, 0.2) is 30.5 Å². The molecule has 0 unspecified atom stereocenters. The van der Waals surface area contributed by atoms with Crippen molar-refractivity contribution in [1.29, 1.82) is 0 Å².